The number of para-hydroxylation sites is 1. The second kappa shape index (κ2) is 12.8. The van der Waals surface area contributed by atoms with Gasteiger partial charge in [-0.3, -0.25) is 14.3 Å². The molecule has 0 radical (unpaired) electrons. The first-order valence-electron chi connectivity index (χ1n) is 15.1. The number of anilines is 1. The van der Waals surface area contributed by atoms with Crippen LogP contribution in [0.5, 0.6) is 17.2 Å². The number of hydrogen-bond acceptors (Lipinski definition) is 7. The van der Waals surface area contributed by atoms with Gasteiger partial charge in [-0.15, -0.1) is 0 Å². The van der Waals surface area contributed by atoms with E-state index in [9.17, 15) is 9.59 Å². The van der Waals surface area contributed by atoms with Crippen LogP contribution in [0.1, 0.15) is 19.8 Å². The van der Waals surface area contributed by atoms with Gasteiger partial charge in [0.25, 0.3) is 0 Å². The van der Waals surface area contributed by atoms with Gasteiger partial charge in [-0.2, -0.15) is 0 Å². The molecule has 2 aliphatic rings. The van der Waals surface area contributed by atoms with E-state index in [0.29, 0.717) is 69.0 Å². The lowest BCUT2D eigenvalue weighted by atomic mass is 10.2. The van der Waals surface area contributed by atoms with Crippen molar-refractivity contribution in [1.29, 1.82) is 0 Å². The van der Waals surface area contributed by atoms with E-state index in [1.54, 1.807) is 55.6 Å². The first-order valence-corrected chi connectivity index (χ1v) is 15.1. The fourth-order valence-corrected chi connectivity index (χ4v) is 5.29. The molecule has 2 N–H and O–H groups in total. The summed E-state index contributed by atoms with van der Waals surface area (Å²) in [5.41, 5.74) is 12.2. The fraction of sp³-hybridized carbons (Fsp3) is 0.222. The van der Waals surface area contributed by atoms with Crippen molar-refractivity contribution in [3.8, 4) is 28.6 Å². The topological polar surface area (TPSA) is 107 Å². The quantitative estimate of drug-likeness (QED) is 0.215. The molecular weight excluding hydrogens is 580 g/mol. The van der Waals surface area contributed by atoms with Crippen LogP contribution < -0.4 is 36.6 Å². The average molecular weight is 617 g/mol. The molecule has 10 heteroatoms. The fourth-order valence-electron chi connectivity index (χ4n) is 5.29. The number of amides is 1. The third-order valence-corrected chi connectivity index (χ3v) is 8.14. The Morgan fingerprint density at radius 2 is 1.72 bits per heavy atom. The second-order valence-corrected chi connectivity index (χ2v) is 11.3. The predicted octanol–water partition coefficient (Wildman–Crippen LogP) is 3.80. The van der Waals surface area contributed by atoms with Crippen molar-refractivity contribution >= 4 is 17.3 Å². The molecule has 1 aliphatic heterocycles. The lowest BCUT2D eigenvalue weighted by molar-refractivity contribution is -0.113. The summed E-state index contributed by atoms with van der Waals surface area (Å²) in [7, 11) is 5.29. The number of hydrogen-bond donors (Lipinski definition) is 1. The van der Waals surface area contributed by atoms with Gasteiger partial charge in [0.15, 0.2) is 5.49 Å². The molecule has 1 aromatic heterocycles. The summed E-state index contributed by atoms with van der Waals surface area (Å²) in [6.07, 6.45) is 7.35. The first-order chi connectivity index (χ1) is 22.2. The van der Waals surface area contributed by atoms with Crippen LogP contribution in [0.4, 0.5) is 5.69 Å². The molecule has 1 saturated carbocycles. The Bertz CT molecular complexity index is 2070. The highest BCUT2D eigenvalue weighted by molar-refractivity contribution is 6.01. The van der Waals surface area contributed by atoms with Gasteiger partial charge in [0.1, 0.15) is 22.6 Å². The number of methoxy groups -OCH3 is 1. The summed E-state index contributed by atoms with van der Waals surface area (Å²) < 4.78 is 14.6. The molecule has 6 rings (SSSR count). The normalized spacial score (nSPS) is 14.1. The monoisotopic (exact) mass is 616 g/mol. The molecule has 4 aromatic rings. The van der Waals surface area contributed by atoms with E-state index >= 15 is 0 Å². The van der Waals surface area contributed by atoms with Gasteiger partial charge in [0.2, 0.25) is 5.91 Å². The van der Waals surface area contributed by atoms with E-state index in [1.807, 2.05) is 43.3 Å². The van der Waals surface area contributed by atoms with Crippen molar-refractivity contribution in [1.82, 2.24) is 14.0 Å². The van der Waals surface area contributed by atoms with Crippen molar-refractivity contribution in [3.05, 3.63) is 124 Å². The van der Waals surface area contributed by atoms with Crippen LogP contribution >= 0.6 is 0 Å². The minimum Gasteiger partial charge on any atom is -0.497 e. The van der Waals surface area contributed by atoms with E-state index in [1.165, 1.54) is 40.2 Å². The zero-order valence-electron chi connectivity index (χ0n) is 26.3. The number of carbonyl (C=O) groups excluding carboxylic acids is 1. The number of aromatic nitrogens is 2. The predicted molar refractivity (Wildman–Crippen MR) is 178 cm³/mol. The summed E-state index contributed by atoms with van der Waals surface area (Å²) >= 11 is 0. The van der Waals surface area contributed by atoms with Gasteiger partial charge < -0.3 is 20.1 Å². The summed E-state index contributed by atoms with van der Waals surface area (Å²) in [5.74, 6) is 1.59. The highest BCUT2D eigenvalue weighted by Gasteiger charge is 2.25. The molecular formula is C36H36N6O4. The van der Waals surface area contributed by atoms with Crippen LogP contribution in [0.15, 0.2) is 112 Å². The number of likely N-dealkylation sites (N-methyl/N-ethyl adjacent to an activating group) is 2. The maximum atomic E-state index is 14.4. The van der Waals surface area contributed by atoms with Gasteiger partial charge in [0.05, 0.1) is 30.4 Å². The van der Waals surface area contributed by atoms with Crippen molar-refractivity contribution in [2.45, 2.75) is 25.8 Å². The van der Waals surface area contributed by atoms with Crippen LogP contribution in [0.3, 0.4) is 0 Å². The Balaban J connectivity index is 1.42. The highest BCUT2D eigenvalue weighted by atomic mass is 16.5. The third-order valence-electron chi connectivity index (χ3n) is 8.14. The molecule has 46 heavy (non-hydrogen) atoms. The van der Waals surface area contributed by atoms with E-state index in [4.69, 9.17) is 15.2 Å². The van der Waals surface area contributed by atoms with Crippen molar-refractivity contribution in [3.63, 3.8) is 0 Å². The van der Waals surface area contributed by atoms with Gasteiger partial charge >= 0.3 is 5.69 Å². The molecule has 234 valence electrons. The Morgan fingerprint density at radius 1 is 1.00 bits per heavy atom. The molecule has 10 nitrogen and oxygen atoms in total. The minimum absolute atomic E-state index is 0.199. The molecule has 3 aromatic carbocycles. The van der Waals surface area contributed by atoms with Crippen molar-refractivity contribution in [2.75, 3.05) is 32.6 Å². The van der Waals surface area contributed by atoms with E-state index in [-0.39, 0.29) is 5.91 Å². The maximum Gasteiger partial charge on any atom is 0.339 e. The number of nitrogens with two attached hydrogens (primary N) is 1. The Morgan fingerprint density at radius 3 is 2.41 bits per heavy atom. The van der Waals surface area contributed by atoms with Crippen LogP contribution in [-0.4, -0.2) is 53.7 Å². The van der Waals surface area contributed by atoms with Crippen LogP contribution in [-0.2, 0) is 4.79 Å². The van der Waals surface area contributed by atoms with Gasteiger partial charge in [-0.05, 0) is 69.3 Å². The van der Waals surface area contributed by atoms with Gasteiger partial charge in [-0.1, -0.05) is 30.0 Å². The molecule has 0 unspecified atom stereocenters. The second-order valence-electron chi connectivity index (χ2n) is 11.3. The SMILES string of the molecule is COc1cc(N(C)C(=O)/C=C/CN(C)C2CC2)cc(-n2c3c(n(-c4ccc(Oc5ccccc5)cc4)c2=O)=C(N)C(C)=C=CN=3)c1. The van der Waals surface area contributed by atoms with Crippen molar-refractivity contribution in [2.24, 2.45) is 10.7 Å². The molecule has 1 aliphatic carbocycles. The molecule has 0 atom stereocenters. The number of fused-ring (bicyclic) bond motifs is 1. The summed E-state index contributed by atoms with van der Waals surface area (Å²) in [5, 5.41) is 0.428. The lowest BCUT2D eigenvalue weighted by Crippen LogP contribution is -2.36. The van der Waals surface area contributed by atoms with Crippen LogP contribution in [0.2, 0.25) is 0 Å². The molecule has 0 spiro atoms. The number of ether oxygens (including phenoxy) is 2. The average Bonchev–Trinajstić information content (AvgIpc) is 3.89. The Labute approximate surface area is 266 Å². The number of nitrogens with zero attached hydrogens (tertiary/aromatic N) is 5. The highest BCUT2D eigenvalue weighted by Crippen LogP contribution is 2.27. The van der Waals surface area contributed by atoms with Gasteiger partial charge in [-0.25, -0.2) is 14.4 Å². The summed E-state index contributed by atoms with van der Waals surface area (Å²) in [6, 6.07) is 22.5. The van der Waals surface area contributed by atoms with Crippen LogP contribution in [0, 0.1) is 0 Å². The summed E-state index contributed by atoms with van der Waals surface area (Å²) in [4.78, 5) is 35.9. The van der Waals surface area contributed by atoms with E-state index < -0.39 is 5.69 Å². The molecule has 1 fully saturated rings. The lowest BCUT2D eigenvalue weighted by Gasteiger charge is -2.18. The maximum absolute atomic E-state index is 14.4. The molecule has 0 bridgehead atoms. The number of imidazole rings is 1. The van der Waals surface area contributed by atoms with Gasteiger partial charge in [0, 0.05) is 49.1 Å². The number of rotatable bonds is 10. The molecule has 1 amide bonds. The van der Waals surface area contributed by atoms with Crippen molar-refractivity contribution < 1.29 is 14.3 Å². The number of carbonyl (C=O) groups is 1. The zero-order chi connectivity index (χ0) is 32.4. The molecule has 2 heterocycles. The largest absolute Gasteiger partial charge is 0.497 e. The van der Waals surface area contributed by atoms with E-state index in [0.717, 1.165) is 0 Å². The Hall–Kier alpha value is -5.57. The van der Waals surface area contributed by atoms with E-state index in [2.05, 4.69) is 22.7 Å². The smallest absolute Gasteiger partial charge is 0.339 e. The number of benzene rings is 3. The molecule has 0 saturated heterocycles. The summed E-state index contributed by atoms with van der Waals surface area (Å²) in [6.45, 7) is 2.52. The Kier molecular flexibility index (Phi) is 8.48. The minimum atomic E-state index is -0.396. The standard InChI is InChI=1S/C36H36N6O4/c1-24-18-19-38-35-34(33(24)37)41(26-14-16-30(17-15-26)46-29-9-6-5-7-10-29)36(44)42(35)28-21-27(22-31(23-28)45-4)40(3)32(43)11-8-20-39(2)25-12-13-25/h5-11,14-17,19,21-23,25H,12-13,20,37H2,1-4H3/b11-8+. The first kappa shape index (κ1) is 30.5. The zero-order valence-corrected chi connectivity index (χ0v) is 26.3. The van der Waals surface area contributed by atoms with Crippen LogP contribution in [0.25, 0.3) is 17.1 Å². The third kappa shape index (κ3) is 6.17.